The first-order valence-electron chi connectivity index (χ1n) is 4.58. The second-order valence-electron chi connectivity index (χ2n) is 3.33. The molecule has 0 atom stereocenters. The molecule has 0 bridgehead atoms. The van der Waals surface area contributed by atoms with Gasteiger partial charge in [-0.2, -0.15) is 0 Å². The number of carbonyl (C=O) groups is 1. The van der Waals surface area contributed by atoms with Gasteiger partial charge in [0.1, 0.15) is 10.7 Å². The molecule has 14 heavy (non-hydrogen) atoms. The molecule has 3 nitrogen and oxygen atoms in total. The molecule has 74 valence electrons. The number of rotatable bonds is 2. The highest BCUT2D eigenvalue weighted by Crippen LogP contribution is 2.23. The van der Waals surface area contributed by atoms with E-state index < -0.39 is 0 Å². The third-order valence-electron chi connectivity index (χ3n) is 2.29. The van der Waals surface area contributed by atoms with E-state index in [1.807, 2.05) is 0 Å². The molecule has 0 aromatic carbocycles. The molecular formula is C10H10BrNO2. The molecule has 1 aromatic heterocycles. The summed E-state index contributed by atoms with van der Waals surface area (Å²) in [4.78, 5) is 15.4. The topological polar surface area (TPSA) is 39.2 Å². The van der Waals surface area contributed by atoms with Crippen molar-refractivity contribution in [2.75, 3.05) is 0 Å². The van der Waals surface area contributed by atoms with Gasteiger partial charge in [-0.05, 0) is 47.3 Å². The summed E-state index contributed by atoms with van der Waals surface area (Å²) in [5.41, 5.74) is 0.514. The molecule has 1 aliphatic rings. The maximum atomic E-state index is 11.5. The molecule has 0 aliphatic heterocycles. The smallest absolute Gasteiger partial charge is 0.339 e. The molecule has 0 spiro atoms. The number of halogens is 1. The first-order chi connectivity index (χ1) is 6.75. The Labute approximate surface area is 90.6 Å². The van der Waals surface area contributed by atoms with Crippen molar-refractivity contribution in [3.63, 3.8) is 0 Å². The van der Waals surface area contributed by atoms with E-state index >= 15 is 0 Å². The highest BCUT2D eigenvalue weighted by molar-refractivity contribution is 9.10. The summed E-state index contributed by atoms with van der Waals surface area (Å²) < 4.78 is 5.94. The van der Waals surface area contributed by atoms with Crippen molar-refractivity contribution in [3.05, 3.63) is 28.5 Å². The van der Waals surface area contributed by atoms with E-state index in [-0.39, 0.29) is 12.1 Å². The Balaban J connectivity index is 1.99. The molecule has 0 amide bonds. The van der Waals surface area contributed by atoms with Crippen LogP contribution < -0.4 is 0 Å². The lowest BCUT2D eigenvalue weighted by Gasteiger charge is -2.24. The van der Waals surface area contributed by atoms with Gasteiger partial charge in [0.15, 0.2) is 0 Å². The van der Waals surface area contributed by atoms with Crippen molar-refractivity contribution in [1.82, 2.24) is 4.98 Å². The largest absolute Gasteiger partial charge is 0.459 e. The Morgan fingerprint density at radius 2 is 2.29 bits per heavy atom. The van der Waals surface area contributed by atoms with E-state index in [2.05, 4.69) is 20.9 Å². The van der Waals surface area contributed by atoms with Crippen molar-refractivity contribution in [2.24, 2.45) is 0 Å². The summed E-state index contributed by atoms with van der Waals surface area (Å²) in [5.74, 6) is -0.269. The summed E-state index contributed by atoms with van der Waals surface area (Å²) in [6.07, 6.45) is 4.80. The van der Waals surface area contributed by atoms with E-state index in [1.54, 1.807) is 12.1 Å². The summed E-state index contributed by atoms with van der Waals surface area (Å²) in [6.45, 7) is 0. The third-order valence-corrected chi connectivity index (χ3v) is 2.76. The quantitative estimate of drug-likeness (QED) is 0.603. The minimum atomic E-state index is -0.269. The number of aromatic nitrogens is 1. The van der Waals surface area contributed by atoms with E-state index in [4.69, 9.17) is 4.74 Å². The number of nitrogens with zero attached hydrogens (tertiary/aromatic N) is 1. The first kappa shape index (κ1) is 9.65. The fourth-order valence-electron chi connectivity index (χ4n) is 1.20. The van der Waals surface area contributed by atoms with Gasteiger partial charge in [-0.3, -0.25) is 0 Å². The highest BCUT2D eigenvalue weighted by Gasteiger charge is 2.22. The molecule has 4 heteroatoms. The number of esters is 1. The minimum Gasteiger partial charge on any atom is -0.459 e. The number of hydrogen-bond acceptors (Lipinski definition) is 3. The van der Waals surface area contributed by atoms with Crippen LogP contribution in [-0.4, -0.2) is 17.1 Å². The molecule has 1 fully saturated rings. The normalized spacial score (nSPS) is 16.1. The van der Waals surface area contributed by atoms with Crippen LogP contribution in [0, 0.1) is 0 Å². The van der Waals surface area contributed by atoms with Crippen molar-refractivity contribution in [1.29, 1.82) is 0 Å². The molecule has 1 saturated carbocycles. The van der Waals surface area contributed by atoms with E-state index in [0.29, 0.717) is 5.56 Å². The van der Waals surface area contributed by atoms with Gasteiger partial charge in [-0.1, -0.05) is 0 Å². The van der Waals surface area contributed by atoms with Crippen molar-refractivity contribution < 1.29 is 9.53 Å². The van der Waals surface area contributed by atoms with Gasteiger partial charge >= 0.3 is 5.97 Å². The van der Waals surface area contributed by atoms with Crippen LogP contribution in [0.3, 0.4) is 0 Å². The molecule has 0 saturated heterocycles. The van der Waals surface area contributed by atoms with Gasteiger partial charge in [0.05, 0.1) is 5.56 Å². The summed E-state index contributed by atoms with van der Waals surface area (Å²) in [7, 11) is 0. The highest BCUT2D eigenvalue weighted by atomic mass is 79.9. The van der Waals surface area contributed by atoms with Gasteiger partial charge in [-0.25, -0.2) is 9.78 Å². The van der Waals surface area contributed by atoms with Crippen LogP contribution in [0.25, 0.3) is 0 Å². The van der Waals surface area contributed by atoms with Crippen LogP contribution in [0.5, 0.6) is 0 Å². The standard InChI is InChI=1S/C10H10BrNO2/c11-9-5-4-7(6-12-9)10(13)14-8-2-1-3-8/h4-6,8H,1-3H2. The van der Waals surface area contributed by atoms with Crippen molar-refractivity contribution >= 4 is 21.9 Å². The predicted octanol–water partition coefficient (Wildman–Crippen LogP) is 2.55. The lowest BCUT2D eigenvalue weighted by Crippen LogP contribution is -2.25. The minimum absolute atomic E-state index is 0.131. The number of hydrogen-bond donors (Lipinski definition) is 0. The van der Waals surface area contributed by atoms with Crippen LogP contribution in [-0.2, 0) is 4.74 Å². The molecular weight excluding hydrogens is 246 g/mol. The van der Waals surface area contributed by atoms with Crippen LogP contribution in [0.15, 0.2) is 22.9 Å². The van der Waals surface area contributed by atoms with Gasteiger partial charge < -0.3 is 4.74 Å². The monoisotopic (exact) mass is 255 g/mol. The average Bonchev–Trinajstić information content (AvgIpc) is 2.12. The molecule has 0 unspecified atom stereocenters. The molecule has 1 aromatic rings. The van der Waals surface area contributed by atoms with E-state index in [1.165, 1.54) is 6.20 Å². The van der Waals surface area contributed by atoms with Crippen LogP contribution in [0.2, 0.25) is 0 Å². The lowest BCUT2D eigenvalue weighted by atomic mass is 9.96. The van der Waals surface area contributed by atoms with Crippen molar-refractivity contribution in [2.45, 2.75) is 25.4 Å². The second kappa shape index (κ2) is 4.09. The first-order valence-corrected chi connectivity index (χ1v) is 5.37. The molecule has 0 radical (unpaired) electrons. The maximum Gasteiger partial charge on any atom is 0.339 e. The SMILES string of the molecule is O=C(OC1CCC1)c1ccc(Br)nc1. The predicted molar refractivity (Wildman–Crippen MR) is 55.0 cm³/mol. The van der Waals surface area contributed by atoms with E-state index in [9.17, 15) is 4.79 Å². The van der Waals surface area contributed by atoms with Crippen molar-refractivity contribution in [3.8, 4) is 0 Å². The summed E-state index contributed by atoms with van der Waals surface area (Å²) in [5, 5.41) is 0. The second-order valence-corrected chi connectivity index (χ2v) is 4.14. The fourth-order valence-corrected chi connectivity index (χ4v) is 1.44. The Kier molecular flexibility index (Phi) is 2.82. The maximum absolute atomic E-state index is 11.5. The van der Waals surface area contributed by atoms with Gasteiger partial charge in [0.2, 0.25) is 0 Å². The fraction of sp³-hybridized carbons (Fsp3) is 0.400. The summed E-state index contributed by atoms with van der Waals surface area (Å²) in [6, 6.07) is 3.44. The van der Waals surface area contributed by atoms with Gasteiger partial charge in [0, 0.05) is 6.20 Å². The third kappa shape index (κ3) is 2.12. The zero-order chi connectivity index (χ0) is 9.97. The van der Waals surface area contributed by atoms with Crippen LogP contribution in [0.1, 0.15) is 29.6 Å². The molecule has 0 N–H and O–H groups in total. The molecule has 1 heterocycles. The van der Waals surface area contributed by atoms with Gasteiger partial charge in [-0.15, -0.1) is 0 Å². The van der Waals surface area contributed by atoms with Gasteiger partial charge in [0.25, 0.3) is 0 Å². The zero-order valence-electron chi connectivity index (χ0n) is 7.57. The lowest BCUT2D eigenvalue weighted by molar-refractivity contribution is 0.00896. The Morgan fingerprint density at radius 3 is 2.79 bits per heavy atom. The van der Waals surface area contributed by atoms with Crippen LogP contribution >= 0.6 is 15.9 Å². The molecule has 1 aliphatic carbocycles. The number of ether oxygens (including phenoxy) is 1. The van der Waals surface area contributed by atoms with E-state index in [0.717, 1.165) is 23.9 Å². The number of carbonyl (C=O) groups excluding carboxylic acids is 1. The zero-order valence-corrected chi connectivity index (χ0v) is 9.16. The average molecular weight is 256 g/mol. The van der Waals surface area contributed by atoms with Crippen LogP contribution in [0.4, 0.5) is 0 Å². The Hall–Kier alpha value is -0.900. The molecule has 2 rings (SSSR count). The number of pyridine rings is 1. The Morgan fingerprint density at radius 1 is 1.50 bits per heavy atom. The Bertz CT molecular complexity index is 332. The summed E-state index contributed by atoms with van der Waals surface area (Å²) >= 11 is 3.21.